The molecule has 7 nitrogen and oxygen atoms in total. The summed E-state index contributed by atoms with van der Waals surface area (Å²) < 4.78 is 0. The Morgan fingerprint density at radius 2 is 1.88 bits per heavy atom. The van der Waals surface area contributed by atoms with Gasteiger partial charge in [0, 0.05) is 37.7 Å². The van der Waals surface area contributed by atoms with E-state index < -0.39 is 0 Å². The Bertz CT molecular complexity index is 625. The van der Waals surface area contributed by atoms with Gasteiger partial charge in [0.2, 0.25) is 11.8 Å². The first-order valence-electron chi connectivity index (χ1n) is 8.59. The molecule has 2 rings (SSSR count). The Kier molecular flexibility index (Phi) is 6.94. The quantitative estimate of drug-likeness (QED) is 0.655. The SMILES string of the molecule is Cc1ccccc1C(=O)NCCC(=O)NC1CCN(CC(N)=O)CC1. The summed E-state index contributed by atoms with van der Waals surface area (Å²) in [6.07, 6.45) is 1.85. The first-order chi connectivity index (χ1) is 12.0. The molecule has 1 aliphatic rings. The molecule has 0 spiro atoms. The van der Waals surface area contributed by atoms with E-state index in [1.807, 2.05) is 30.0 Å². The molecule has 4 N–H and O–H groups in total. The highest BCUT2D eigenvalue weighted by molar-refractivity contribution is 5.95. The number of likely N-dealkylation sites (tertiary alicyclic amines) is 1. The van der Waals surface area contributed by atoms with Gasteiger partial charge in [-0.25, -0.2) is 0 Å². The summed E-state index contributed by atoms with van der Waals surface area (Å²) in [5, 5.41) is 5.76. The van der Waals surface area contributed by atoms with Crippen LogP contribution in [0.25, 0.3) is 0 Å². The maximum Gasteiger partial charge on any atom is 0.251 e. The predicted molar refractivity (Wildman–Crippen MR) is 94.9 cm³/mol. The van der Waals surface area contributed by atoms with Crippen LogP contribution in [0.3, 0.4) is 0 Å². The lowest BCUT2D eigenvalue weighted by Crippen LogP contribution is -2.47. The van der Waals surface area contributed by atoms with Gasteiger partial charge in [-0.1, -0.05) is 18.2 Å². The number of carbonyl (C=O) groups is 3. The first-order valence-corrected chi connectivity index (χ1v) is 8.59. The fraction of sp³-hybridized carbons (Fsp3) is 0.500. The molecule has 0 bridgehead atoms. The van der Waals surface area contributed by atoms with Crippen LogP contribution in [0.2, 0.25) is 0 Å². The van der Waals surface area contributed by atoms with Crippen LogP contribution in [-0.2, 0) is 9.59 Å². The van der Waals surface area contributed by atoms with Gasteiger partial charge in [-0.15, -0.1) is 0 Å². The molecule has 1 aliphatic heterocycles. The van der Waals surface area contributed by atoms with E-state index in [9.17, 15) is 14.4 Å². The molecule has 1 aromatic carbocycles. The zero-order chi connectivity index (χ0) is 18.2. The van der Waals surface area contributed by atoms with Crippen LogP contribution >= 0.6 is 0 Å². The zero-order valence-corrected chi connectivity index (χ0v) is 14.6. The molecule has 3 amide bonds. The zero-order valence-electron chi connectivity index (χ0n) is 14.6. The number of hydrogen-bond donors (Lipinski definition) is 3. The molecule has 0 radical (unpaired) electrons. The van der Waals surface area contributed by atoms with Crippen molar-refractivity contribution in [2.75, 3.05) is 26.2 Å². The Hall–Kier alpha value is -2.41. The molecule has 0 aromatic heterocycles. The summed E-state index contributed by atoms with van der Waals surface area (Å²) in [5.41, 5.74) is 6.72. The Morgan fingerprint density at radius 3 is 2.52 bits per heavy atom. The van der Waals surface area contributed by atoms with Crippen LogP contribution in [0.4, 0.5) is 0 Å². The van der Waals surface area contributed by atoms with E-state index in [-0.39, 0.29) is 36.7 Å². The minimum Gasteiger partial charge on any atom is -0.369 e. The van der Waals surface area contributed by atoms with Crippen molar-refractivity contribution in [3.05, 3.63) is 35.4 Å². The third-order valence-electron chi connectivity index (χ3n) is 4.36. The number of nitrogens with two attached hydrogens (primary N) is 1. The van der Waals surface area contributed by atoms with Crippen LogP contribution < -0.4 is 16.4 Å². The van der Waals surface area contributed by atoms with Crippen LogP contribution in [0.15, 0.2) is 24.3 Å². The molecule has 0 atom stereocenters. The average molecular weight is 346 g/mol. The monoisotopic (exact) mass is 346 g/mol. The van der Waals surface area contributed by atoms with Crippen LogP contribution in [0.5, 0.6) is 0 Å². The fourth-order valence-electron chi connectivity index (χ4n) is 2.97. The number of rotatable bonds is 7. The Balaban J connectivity index is 1.65. The largest absolute Gasteiger partial charge is 0.369 e. The van der Waals surface area contributed by atoms with Crippen molar-refractivity contribution in [2.24, 2.45) is 5.73 Å². The van der Waals surface area contributed by atoms with Crippen molar-refractivity contribution in [3.63, 3.8) is 0 Å². The van der Waals surface area contributed by atoms with Crippen molar-refractivity contribution < 1.29 is 14.4 Å². The number of piperidine rings is 1. The summed E-state index contributed by atoms with van der Waals surface area (Å²) >= 11 is 0. The van der Waals surface area contributed by atoms with E-state index in [2.05, 4.69) is 10.6 Å². The van der Waals surface area contributed by atoms with E-state index in [0.717, 1.165) is 31.5 Å². The van der Waals surface area contributed by atoms with Crippen molar-refractivity contribution in [2.45, 2.75) is 32.2 Å². The van der Waals surface area contributed by atoms with Crippen molar-refractivity contribution in [1.29, 1.82) is 0 Å². The average Bonchev–Trinajstić information content (AvgIpc) is 2.56. The Morgan fingerprint density at radius 1 is 1.20 bits per heavy atom. The lowest BCUT2D eigenvalue weighted by molar-refractivity contribution is -0.123. The number of nitrogens with one attached hydrogen (secondary N) is 2. The first kappa shape index (κ1) is 18.9. The number of primary amides is 1. The van der Waals surface area contributed by atoms with Gasteiger partial charge < -0.3 is 16.4 Å². The van der Waals surface area contributed by atoms with Gasteiger partial charge in [-0.3, -0.25) is 19.3 Å². The number of amides is 3. The number of benzene rings is 1. The third-order valence-corrected chi connectivity index (χ3v) is 4.36. The molecule has 136 valence electrons. The lowest BCUT2D eigenvalue weighted by atomic mass is 10.0. The smallest absolute Gasteiger partial charge is 0.251 e. The standard InChI is InChI=1S/C18H26N4O3/c1-13-4-2-3-5-15(13)18(25)20-9-6-17(24)21-14-7-10-22(11-8-14)12-16(19)23/h2-5,14H,6-12H2,1H3,(H2,19,23)(H,20,25)(H,21,24). The van der Waals surface area contributed by atoms with Gasteiger partial charge in [-0.05, 0) is 31.4 Å². The van der Waals surface area contributed by atoms with Crippen LogP contribution in [0.1, 0.15) is 35.2 Å². The number of hydrogen-bond acceptors (Lipinski definition) is 4. The van der Waals surface area contributed by atoms with Gasteiger partial charge >= 0.3 is 0 Å². The van der Waals surface area contributed by atoms with Crippen molar-refractivity contribution >= 4 is 17.7 Å². The van der Waals surface area contributed by atoms with Gasteiger partial charge in [0.1, 0.15) is 0 Å². The highest BCUT2D eigenvalue weighted by atomic mass is 16.2. The van der Waals surface area contributed by atoms with Gasteiger partial charge in [0.25, 0.3) is 5.91 Å². The van der Waals surface area contributed by atoms with Crippen LogP contribution in [-0.4, -0.2) is 54.8 Å². The summed E-state index contributed by atoms with van der Waals surface area (Å²) in [6.45, 7) is 3.95. The second-order valence-corrected chi connectivity index (χ2v) is 6.41. The topological polar surface area (TPSA) is 105 Å². The van der Waals surface area contributed by atoms with E-state index >= 15 is 0 Å². The third kappa shape index (κ3) is 6.19. The van der Waals surface area contributed by atoms with E-state index in [4.69, 9.17) is 5.73 Å². The van der Waals surface area contributed by atoms with Gasteiger partial charge in [-0.2, -0.15) is 0 Å². The molecule has 1 saturated heterocycles. The highest BCUT2D eigenvalue weighted by Gasteiger charge is 2.21. The molecular weight excluding hydrogens is 320 g/mol. The second-order valence-electron chi connectivity index (χ2n) is 6.41. The summed E-state index contributed by atoms with van der Waals surface area (Å²) in [6, 6.07) is 7.47. The lowest BCUT2D eigenvalue weighted by Gasteiger charge is -2.31. The van der Waals surface area contributed by atoms with Crippen LogP contribution in [0, 0.1) is 6.92 Å². The summed E-state index contributed by atoms with van der Waals surface area (Å²) in [5.74, 6) is -0.559. The minimum absolute atomic E-state index is 0.0709. The summed E-state index contributed by atoms with van der Waals surface area (Å²) in [4.78, 5) is 37.0. The molecule has 0 saturated carbocycles. The minimum atomic E-state index is -0.327. The van der Waals surface area contributed by atoms with E-state index in [1.165, 1.54) is 0 Å². The van der Waals surface area contributed by atoms with E-state index in [1.54, 1.807) is 6.07 Å². The summed E-state index contributed by atoms with van der Waals surface area (Å²) in [7, 11) is 0. The number of carbonyl (C=O) groups excluding carboxylic acids is 3. The predicted octanol–water partition coefficient (Wildman–Crippen LogP) is 0.181. The van der Waals surface area contributed by atoms with Crippen molar-refractivity contribution in [1.82, 2.24) is 15.5 Å². The second kappa shape index (κ2) is 9.17. The maximum absolute atomic E-state index is 12.1. The van der Waals surface area contributed by atoms with Gasteiger partial charge in [0.15, 0.2) is 0 Å². The molecule has 1 heterocycles. The molecule has 0 aliphatic carbocycles. The van der Waals surface area contributed by atoms with E-state index in [0.29, 0.717) is 12.1 Å². The normalized spacial score (nSPS) is 15.6. The van der Waals surface area contributed by atoms with Crippen molar-refractivity contribution in [3.8, 4) is 0 Å². The van der Waals surface area contributed by atoms with Gasteiger partial charge in [0.05, 0.1) is 6.54 Å². The number of aryl methyl sites for hydroxylation is 1. The molecular formula is C18H26N4O3. The number of nitrogens with zero attached hydrogens (tertiary/aromatic N) is 1. The maximum atomic E-state index is 12.1. The molecule has 0 unspecified atom stereocenters. The molecule has 25 heavy (non-hydrogen) atoms. The Labute approximate surface area is 147 Å². The molecule has 7 heteroatoms. The fourth-order valence-corrected chi connectivity index (χ4v) is 2.97. The molecule has 1 fully saturated rings. The highest BCUT2D eigenvalue weighted by Crippen LogP contribution is 2.10. The molecule has 1 aromatic rings.